The molecule has 0 radical (unpaired) electrons. The van der Waals surface area contributed by atoms with E-state index in [4.69, 9.17) is 9.47 Å². The van der Waals surface area contributed by atoms with E-state index in [0.29, 0.717) is 37.3 Å². The average molecular weight is 411 g/mol. The summed E-state index contributed by atoms with van der Waals surface area (Å²) >= 11 is 0. The fourth-order valence-corrected chi connectivity index (χ4v) is 3.82. The molecule has 1 unspecified atom stereocenters. The third-order valence-corrected chi connectivity index (χ3v) is 5.65. The van der Waals surface area contributed by atoms with Crippen molar-refractivity contribution in [1.82, 2.24) is 4.90 Å². The molecule has 160 valence electrons. The maximum absolute atomic E-state index is 12.5. The number of nitrogens with zero attached hydrogens (tertiary/aromatic N) is 1. The number of aryl methyl sites for hydroxylation is 1. The third kappa shape index (κ3) is 5.32. The number of hydrogen-bond acceptors (Lipinski definition) is 4. The van der Waals surface area contributed by atoms with Crippen LogP contribution in [-0.2, 0) is 22.4 Å². The highest BCUT2D eigenvalue weighted by atomic mass is 16.5. The summed E-state index contributed by atoms with van der Waals surface area (Å²) in [7, 11) is 5.07. The van der Waals surface area contributed by atoms with Gasteiger partial charge in [0.15, 0.2) is 11.5 Å². The number of fused-ring (bicyclic) bond motifs is 1. The molecule has 0 saturated carbocycles. The van der Waals surface area contributed by atoms with Crippen LogP contribution in [0.4, 0.5) is 5.69 Å². The van der Waals surface area contributed by atoms with Crippen molar-refractivity contribution in [2.45, 2.75) is 32.1 Å². The van der Waals surface area contributed by atoms with Crippen molar-refractivity contribution in [3.63, 3.8) is 0 Å². The lowest BCUT2D eigenvalue weighted by Gasteiger charge is -2.25. The third-order valence-electron chi connectivity index (χ3n) is 5.65. The van der Waals surface area contributed by atoms with Crippen LogP contribution in [0.25, 0.3) is 0 Å². The van der Waals surface area contributed by atoms with Crippen LogP contribution in [0, 0.1) is 5.92 Å². The molecule has 1 aliphatic heterocycles. The second-order valence-corrected chi connectivity index (χ2v) is 7.69. The minimum Gasteiger partial charge on any atom is -0.493 e. The Morgan fingerprint density at radius 2 is 1.90 bits per heavy atom. The lowest BCUT2D eigenvalue weighted by molar-refractivity contribution is -0.130. The van der Waals surface area contributed by atoms with Crippen molar-refractivity contribution in [2.24, 2.45) is 5.92 Å². The predicted octanol–water partition coefficient (Wildman–Crippen LogP) is 3.69. The standard InChI is InChI=1S/C24H30N2O4/c1-26(14-6-7-17-10-12-21(29-2)22(15-17)30-3)23(27)13-11-19-16-18-8-4-5-9-20(18)25-24(19)28/h4-5,8-10,12,15,19H,6-7,11,13-14,16H2,1-3H3,(H,25,28). The Morgan fingerprint density at radius 1 is 1.13 bits per heavy atom. The zero-order valence-corrected chi connectivity index (χ0v) is 17.9. The summed E-state index contributed by atoms with van der Waals surface area (Å²) in [6, 6.07) is 13.7. The van der Waals surface area contributed by atoms with Gasteiger partial charge in [-0.05, 0) is 55.0 Å². The second-order valence-electron chi connectivity index (χ2n) is 7.69. The molecule has 0 spiro atoms. The Hall–Kier alpha value is -3.02. The van der Waals surface area contributed by atoms with Crippen molar-refractivity contribution in [3.8, 4) is 11.5 Å². The van der Waals surface area contributed by atoms with E-state index >= 15 is 0 Å². The van der Waals surface area contributed by atoms with E-state index in [0.717, 1.165) is 29.7 Å². The van der Waals surface area contributed by atoms with Crippen LogP contribution in [0.1, 0.15) is 30.4 Å². The molecule has 2 aromatic rings. The fourth-order valence-electron chi connectivity index (χ4n) is 3.82. The zero-order valence-electron chi connectivity index (χ0n) is 17.9. The minimum atomic E-state index is -0.149. The quantitative estimate of drug-likeness (QED) is 0.685. The van der Waals surface area contributed by atoms with Gasteiger partial charge in [-0.1, -0.05) is 24.3 Å². The van der Waals surface area contributed by atoms with E-state index in [1.807, 2.05) is 49.5 Å². The van der Waals surface area contributed by atoms with Crippen LogP contribution >= 0.6 is 0 Å². The van der Waals surface area contributed by atoms with Crippen LogP contribution in [0.5, 0.6) is 11.5 Å². The molecule has 1 atom stereocenters. The summed E-state index contributed by atoms with van der Waals surface area (Å²) < 4.78 is 10.6. The van der Waals surface area contributed by atoms with Crippen LogP contribution < -0.4 is 14.8 Å². The fraction of sp³-hybridized carbons (Fsp3) is 0.417. The van der Waals surface area contributed by atoms with Crippen molar-refractivity contribution in [1.29, 1.82) is 0 Å². The van der Waals surface area contributed by atoms with Gasteiger partial charge >= 0.3 is 0 Å². The number of para-hydroxylation sites is 1. The summed E-state index contributed by atoms with van der Waals surface area (Å²) in [6.45, 7) is 0.673. The highest BCUT2D eigenvalue weighted by molar-refractivity contribution is 5.96. The molecule has 3 rings (SSSR count). The molecule has 1 aliphatic rings. The van der Waals surface area contributed by atoms with Crippen molar-refractivity contribution in [2.75, 3.05) is 33.1 Å². The smallest absolute Gasteiger partial charge is 0.227 e. The van der Waals surface area contributed by atoms with Gasteiger partial charge < -0.3 is 19.7 Å². The molecule has 2 amide bonds. The van der Waals surface area contributed by atoms with E-state index in [-0.39, 0.29) is 17.7 Å². The Morgan fingerprint density at radius 3 is 2.67 bits per heavy atom. The first-order chi connectivity index (χ1) is 14.5. The Bertz CT molecular complexity index is 897. The molecular weight excluding hydrogens is 380 g/mol. The maximum Gasteiger partial charge on any atom is 0.227 e. The van der Waals surface area contributed by atoms with Gasteiger partial charge in [0.1, 0.15) is 0 Å². The number of carbonyl (C=O) groups excluding carboxylic acids is 2. The lowest BCUT2D eigenvalue weighted by Crippen LogP contribution is -2.32. The number of anilines is 1. The first kappa shape index (κ1) is 21.7. The molecule has 1 heterocycles. The zero-order chi connectivity index (χ0) is 21.5. The molecule has 1 N–H and O–H groups in total. The molecule has 0 aromatic heterocycles. The van der Waals surface area contributed by atoms with Crippen molar-refractivity contribution < 1.29 is 19.1 Å². The van der Waals surface area contributed by atoms with Crippen molar-refractivity contribution in [3.05, 3.63) is 53.6 Å². The molecule has 0 bridgehead atoms. The normalized spacial score (nSPS) is 15.2. The van der Waals surface area contributed by atoms with Gasteiger partial charge in [-0.2, -0.15) is 0 Å². The number of ether oxygens (including phenoxy) is 2. The summed E-state index contributed by atoms with van der Waals surface area (Å²) in [6.07, 6.45) is 3.35. The number of amides is 2. The summed E-state index contributed by atoms with van der Waals surface area (Å²) in [5.41, 5.74) is 3.17. The molecule has 30 heavy (non-hydrogen) atoms. The van der Waals surface area contributed by atoms with Gasteiger partial charge in [0.2, 0.25) is 11.8 Å². The molecule has 0 fully saturated rings. The molecule has 6 heteroatoms. The molecule has 6 nitrogen and oxygen atoms in total. The number of nitrogens with one attached hydrogen (secondary N) is 1. The van der Waals surface area contributed by atoms with E-state index in [2.05, 4.69) is 5.32 Å². The number of benzene rings is 2. The Balaban J connectivity index is 1.43. The topological polar surface area (TPSA) is 67.9 Å². The van der Waals surface area contributed by atoms with Gasteiger partial charge in [-0.3, -0.25) is 9.59 Å². The van der Waals surface area contributed by atoms with E-state index in [1.165, 1.54) is 0 Å². The van der Waals surface area contributed by atoms with Crippen LogP contribution in [-0.4, -0.2) is 44.5 Å². The van der Waals surface area contributed by atoms with Gasteiger partial charge in [-0.25, -0.2) is 0 Å². The monoisotopic (exact) mass is 410 g/mol. The number of methoxy groups -OCH3 is 2. The van der Waals surface area contributed by atoms with Gasteiger partial charge in [0.05, 0.1) is 14.2 Å². The highest BCUT2D eigenvalue weighted by Crippen LogP contribution is 2.29. The first-order valence-corrected chi connectivity index (χ1v) is 10.4. The Kier molecular flexibility index (Phi) is 7.33. The highest BCUT2D eigenvalue weighted by Gasteiger charge is 2.26. The SMILES string of the molecule is COc1ccc(CCCN(C)C(=O)CCC2Cc3ccccc3NC2=O)cc1OC. The van der Waals surface area contributed by atoms with E-state index in [9.17, 15) is 9.59 Å². The van der Waals surface area contributed by atoms with Gasteiger partial charge in [0, 0.05) is 31.6 Å². The van der Waals surface area contributed by atoms with Gasteiger partial charge in [0.25, 0.3) is 0 Å². The van der Waals surface area contributed by atoms with Crippen LogP contribution in [0.15, 0.2) is 42.5 Å². The van der Waals surface area contributed by atoms with Gasteiger partial charge in [-0.15, -0.1) is 0 Å². The first-order valence-electron chi connectivity index (χ1n) is 10.4. The number of hydrogen-bond donors (Lipinski definition) is 1. The lowest BCUT2D eigenvalue weighted by atomic mass is 9.89. The van der Waals surface area contributed by atoms with Crippen LogP contribution in [0.3, 0.4) is 0 Å². The largest absolute Gasteiger partial charge is 0.493 e. The van der Waals surface area contributed by atoms with Crippen molar-refractivity contribution >= 4 is 17.5 Å². The summed E-state index contributed by atoms with van der Waals surface area (Å²) in [5.74, 6) is 1.37. The molecule has 0 aliphatic carbocycles. The number of rotatable bonds is 9. The second kappa shape index (κ2) is 10.1. The Labute approximate surface area is 178 Å². The molecule has 2 aromatic carbocycles. The van der Waals surface area contributed by atoms with E-state index < -0.39 is 0 Å². The minimum absolute atomic E-state index is 0.0117. The maximum atomic E-state index is 12.5. The van der Waals surface area contributed by atoms with Crippen LogP contribution in [0.2, 0.25) is 0 Å². The summed E-state index contributed by atoms with van der Waals surface area (Å²) in [4.78, 5) is 26.6. The predicted molar refractivity (Wildman–Crippen MR) is 117 cm³/mol. The van der Waals surface area contributed by atoms with E-state index in [1.54, 1.807) is 19.1 Å². The average Bonchev–Trinajstić information content (AvgIpc) is 2.77. The molecule has 0 saturated heterocycles. The molecular formula is C24H30N2O4. The summed E-state index contributed by atoms with van der Waals surface area (Å²) in [5, 5.41) is 2.95. The number of carbonyl (C=O) groups is 2.